The molecule has 3 rings (SSSR count). The highest BCUT2D eigenvalue weighted by molar-refractivity contribution is 7.16. The number of rotatable bonds is 3. The summed E-state index contributed by atoms with van der Waals surface area (Å²) in [4.78, 5) is 14.8. The Morgan fingerprint density at radius 2 is 1.73 bits per heavy atom. The van der Waals surface area contributed by atoms with Crippen molar-refractivity contribution in [3.8, 4) is 0 Å². The van der Waals surface area contributed by atoms with E-state index in [9.17, 15) is 4.79 Å². The first-order valence-corrected chi connectivity index (χ1v) is 9.80. The Morgan fingerprint density at radius 3 is 2.45 bits per heavy atom. The molecule has 1 aromatic rings. The van der Waals surface area contributed by atoms with Crippen molar-refractivity contribution in [1.29, 1.82) is 0 Å². The highest BCUT2D eigenvalue weighted by atomic mass is 32.1. The van der Waals surface area contributed by atoms with Crippen LogP contribution in [0, 0.1) is 0 Å². The van der Waals surface area contributed by atoms with Crippen molar-refractivity contribution in [2.24, 2.45) is 0 Å². The minimum absolute atomic E-state index is 0.0718. The van der Waals surface area contributed by atoms with Crippen LogP contribution < -0.4 is 10.2 Å². The first kappa shape index (κ1) is 16.0. The number of carbonyl (C=O) groups excluding carboxylic acids is 1. The van der Waals surface area contributed by atoms with Crippen molar-refractivity contribution in [2.75, 3.05) is 18.4 Å². The van der Waals surface area contributed by atoms with E-state index in [1.807, 2.05) is 11.3 Å². The molecule has 0 bridgehead atoms. The third kappa shape index (κ3) is 3.90. The zero-order valence-electron chi connectivity index (χ0n) is 13.8. The molecule has 1 amide bonds. The van der Waals surface area contributed by atoms with Crippen molar-refractivity contribution >= 4 is 22.2 Å². The standard InChI is InChI=1S/C18H28N2OS/c1-14(21)19-18-16(15-9-5-6-10-17(15)22-18)13-20-11-7-3-2-4-8-12-20/h2-13H2,1H3,(H,19,21)/p+1. The van der Waals surface area contributed by atoms with Gasteiger partial charge in [0.1, 0.15) is 11.5 Å². The van der Waals surface area contributed by atoms with Crippen LogP contribution in [0.3, 0.4) is 0 Å². The third-order valence-corrected chi connectivity index (χ3v) is 6.31. The van der Waals surface area contributed by atoms with E-state index in [0.29, 0.717) is 0 Å². The van der Waals surface area contributed by atoms with Crippen LogP contribution in [0.15, 0.2) is 0 Å². The van der Waals surface area contributed by atoms with E-state index in [1.165, 1.54) is 81.3 Å². The quantitative estimate of drug-likeness (QED) is 0.882. The Balaban J connectivity index is 1.80. The Morgan fingerprint density at radius 1 is 1.05 bits per heavy atom. The average molecular weight is 322 g/mol. The van der Waals surface area contributed by atoms with Crippen LogP contribution in [-0.2, 0) is 24.2 Å². The summed E-state index contributed by atoms with van der Waals surface area (Å²) in [6.07, 6.45) is 12.0. The highest BCUT2D eigenvalue weighted by Gasteiger charge is 2.24. The first-order valence-electron chi connectivity index (χ1n) is 8.98. The molecule has 2 N–H and O–H groups in total. The molecule has 0 atom stereocenters. The van der Waals surface area contributed by atoms with E-state index in [1.54, 1.807) is 17.4 Å². The molecule has 0 aromatic carbocycles. The molecule has 0 saturated carbocycles. The number of likely N-dealkylation sites (tertiary alicyclic amines) is 1. The van der Waals surface area contributed by atoms with E-state index in [2.05, 4.69) is 5.32 Å². The fraction of sp³-hybridized carbons (Fsp3) is 0.722. The van der Waals surface area contributed by atoms with Gasteiger partial charge in [-0.15, -0.1) is 11.3 Å². The maximum atomic E-state index is 11.6. The SMILES string of the molecule is CC(=O)Nc1sc2c(c1C[NH+]1CCCCCCC1)CCCC2. The Kier molecular flexibility index (Phi) is 5.53. The minimum atomic E-state index is 0.0718. The molecule has 22 heavy (non-hydrogen) atoms. The number of hydrogen-bond acceptors (Lipinski definition) is 2. The summed E-state index contributed by atoms with van der Waals surface area (Å²) >= 11 is 1.84. The Bertz CT molecular complexity index is 515. The van der Waals surface area contributed by atoms with Gasteiger partial charge in [0.15, 0.2) is 0 Å². The van der Waals surface area contributed by atoms with Crippen LogP contribution in [-0.4, -0.2) is 19.0 Å². The predicted molar refractivity (Wildman–Crippen MR) is 92.8 cm³/mol. The molecule has 1 aliphatic heterocycles. The van der Waals surface area contributed by atoms with Crippen LogP contribution in [0.4, 0.5) is 5.00 Å². The average Bonchev–Trinajstić information content (AvgIpc) is 2.78. The monoisotopic (exact) mass is 321 g/mol. The smallest absolute Gasteiger partial charge is 0.221 e. The number of hydrogen-bond donors (Lipinski definition) is 2. The van der Waals surface area contributed by atoms with Crippen LogP contribution in [0.1, 0.15) is 67.9 Å². The largest absolute Gasteiger partial charge is 0.331 e. The molecule has 0 spiro atoms. The lowest BCUT2D eigenvalue weighted by molar-refractivity contribution is -0.914. The fourth-order valence-electron chi connectivity index (χ4n) is 3.91. The number of aryl methyl sites for hydroxylation is 1. The fourth-order valence-corrected chi connectivity index (χ4v) is 5.27. The molecule has 0 unspecified atom stereocenters. The summed E-state index contributed by atoms with van der Waals surface area (Å²) in [6, 6.07) is 0. The van der Waals surface area contributed by atoms with Crippen molar-refractivity contribution in [1.82, 2.24) is 0 Å². The lowest BCUT2D eigenvalue weighted by Crippen LogP contribution is -3.10. The van der Waals surface area contributed by atoms with Gasteiger partial charge in [0.2, 0.25) is 5.91 Å². The van der Waals surface area contributed by atoms with Gasteiger partial charge in [-0.1, -0.05) is 6.42 Å². The molecule has 0 radical (unpaired) electrons. The molecule has 122 valence electrons. The Labute approximate surface area is 138 Å². The van der Waals surface area contributed by atoms with Crippen LogP contribution in [0.25, 0.3) is 0 Å². The summed E-state index contributed by atoms with van der Waals surface area (Å²) < 4.78 is 0. The van der Waals surface area contributed by atoms with Crippen molar-refractivity contribution in [3.63, 3.8) is 0 Å². The van der Waals surface area contributed by atoms with Gasteiger partial charge in [0.05, 0.1) is 13.1 Å². The van der Waals surface area contributed by atoms with E-state index in [0.717, 1.165) is 11.5 Å². The molecular formula is C18H29N2OS+. The zero-order chi connectivity index (χ0) is 15.4. The molecule has 1 fully saturated rings. The molecule has 1 saturated heterocycles. The van der Waals surface area contributed by atoms with Gasteiger partial charge in [0, 0.05) is 17.4 Å². The Hall–Kier alpha value is -0.870. The van der Waals surface area contributed by atoms with Gasteiger partial charge >= 0.3 is 0 Å². The summed E-state index contributed by atoms with van der Waals surface area (Å²) in [5, 5.41) is 4.26. The lowest BCUT2D eigenvalue weighted by Gasteiger charge is -2.23. The second-order valence-corrected chi connectivity index (χ2v) is 8.00. The first-order chi connectivity index (χ1) is 10.7. The second kappa shape index (κ2) is 7.60. The van der Waals surface area contributed by atoms with Gasteiger partial charge < -0.3 is 10.2 Å². The molecule has 1 aliphatic carbocycles. The molecule has 3 nitrogen and oxygen atoms in total. The lowest BCUT2D eigenvalue weighted by atomic mass is 9.95. The molecule has 1 aromatic heterocycles. The number of quaternary nitrogens is 1. The molecule has 2 heterocycles. The number of anilines is 1. The highest BCUT2D eigenvalue weighted by Crippen LogP contribution is 2.37. The molecular weight excluding hydrogens is 292 g/mol. The van der Waals surface area contributed by atoms with Crippen LogP contribution in [0.5, 0.6) is 0 Å². The topological polar surface area (TPSA) is 33.5 Å². The number of fused-ring (bicyclic) bond motifs is 1. The summed E-state index contributed by atoms with van der Waals surface area (Å²) in [5.41, 5.74) is 3.04. The van der Waals surface area contributed by atoms with Gasteiger partial charge in [0.25, 0.3) is 0 Å². The van der Waals surface area contributed by atoms with E-state index in [-0.39, 0.29) is 5.91 Å². The van der Waals surface area contributed by atoms with Gasteiger partial charge in [-0.05, 0) is 56.9 Å². The maximum Gasteiger partial charge on any atom is 0.221 e. The van der Waals surface area contributed by atoms with Crippen LogP contribution >= 0.6 is 11.3 Å². The number of thiophene rings is 1. The van der Waals surface area contributed by atoms with E-state index >= 15 is 0 Å². The summed E-state index contributed by atoms with van der Waals surface area (Å²) in [6.45, 7) is 5.33. The number of carbonyl (C=O) groups is 1. The zero-order valence-corrected chi connectivity index (χ0v) is 14.6. The summed E-state index contributed by atoms with van der Waals surface area (Å²) in [5.74, 6) is 0.0718. The minimum Gasteiger partial charge on any atom is -0.331 e. The predicted octanol–water partition coefficient (Wildman–Crippen LogP) is 2.93. The van der Waals surface area contributed by atoms with Gasteiger partial charge in [-0.2, -0.15) is 0 Å². The van der Waals surface area contributed by atoms with Gasteiger partial charge in [-0.25, -0.2) is 0 Å². The third-order valence-electron chi connectivity index (χ3n) is 5.06. The summed E-state index contributed by atoms with van der Waals surface area (Å²) in [7, 11) is 0. The molecule has 4 heteroatoms. The van der Waals surface area contributed by atoms with Crippen molar-refractivity contribution < 1.29 is 9.69 Å². The second-order valence-electron chi connectivity index (χ2n) is 6.89. The molecule has 2 aliphatic rings. The van der Waals surface area contributed by atoms with Crippen molar-refractivity contribution in [3.05, 3.63) is 16.0 Å². The van der Waals surface area contributed by atoms with Crippen molar-refractivity contribution in [2.45, 2.75) is 71.3 Å². The number of nitrogens with one attached hydrogen (secondary N) is 2. The number of amides is 1. The van der Waals surface area contributed by atoms with E-state index in [4.69, 9.17) is 0 Å². The maximum absolute atomic E-state index is 11.6. The van der Waals surface area contributed by atoms with E-state index < -0.39 is 0 Å². The van der Waals surface area contributed by atoms with Crippen LogP contribution in [0.2, 0.25) is 0 Å². The van der Waals surface area contributed by atoms with Gasteiger partial charge in [-0.3, -0.25) is 4.79 Å². The normalized spacial score (nSPS) is 20.0.